The second kappa shape index (κ2) is 6.45. The summed E-state index contributed by atoms with van der Waals surface area (Å²) in [6.45, 7) is -0.285. The highest BCUT2D eigenvalue weighted by molar-refractivity contribution is 5.77. The number of rotatable bonds is 5. The van der Waals surface area contributed by atoms with Crippen molar-refractivity contribution in [2.75, 3.05) is 19.8 Å². The molecule has 0 heterocycles. The van der Waals surface area contributed by atoms with Crippen LogP contribution < -0.4 is 10.1 Å². The van der Waals surface area contributed by atoms with Crippen LogP contribution in [0.25, 0.3) is 0 Å². The Labute approximate surface area is 97.4 Å². The van der Waals surface area contributed by atoms with Gasteiger partial charge < -0.3 is 15.2 Å². The van der Waals surface area contributed by atoms with Crippen LogP contribution in [0, 0.1) is 17.1 Å². The number of carbonyl (C=O) groups excluding carboxylic acids is 1. The Hall–Kier alpha value is -2.13. The lowest BCUT2D eigenvalue weighted by molar-refractivity contribution is -0.123. The molecule has 0 saturated carbocycles. The van der Waals surface area contributed by atoms with Gasteiger partial charge in [-0.25, -0.2) is 4.39 Å². The van der Waals surface area contributed by atoms with Crippen LogP contribution >= 0.6 is 0 Å². The Morgan fingerprint density at radius 3 is 2.94 bits per heavy atom. The van der Waals surface area contributed by atoms with Gasteiger partial charge in [-0.05, 0) is 12.1 Å². The Morgan fingerprint density at radius 2 is 2.35 bits per heavy atom. The summed E-state index contributed by atoms with van der Waals surface area (Å²) < 4.78 is 18.1. The van der Waals surface area contributed by atoms with E-state index in [4.69, 9.17) is 15.1 Å². The number of benzene rings is 1. The van der Waals surface area contributed by atoms with Crippen LogP contribution in [0.5, 0.6) is 5.75 Å². The normalized spacial score (nSPS) is 9.47. The zero-order chi connectivity index (χ0) is 12.7. The number of nitrogens with one attached hydrogen (secondary N) is 1. The SMILES string of the molecule is N#Cc1ccc(OCC(=O)NCCO)cc1F. The van der Waals surface area contributed by atoms with Crippen LogP contribution in [-0.4, -0.2) is 30.8 Å². The lowest BCUT2D eigenvalue weighted by Gasteiger charge is -2.06. The van der Waals surface area contributed by atoms with E-state index in [2.05, 4.69) is 5.32 Å². The molecule has 1 aromatic carbocycles. The molecule has 0 unspecified atom stereocenters. The molecule has 0 radical (unpaired) electrons. The summed E-state index contributed by atoms with van der Waals surface area (Å²) in [5, 5.41) is 19.3. The van der Waals surface area contributed by atoms with Crippen LogP contribution in [0.2, 0.25) is 0 Å². The second-order valence-electron chi connectivity index (χ2n) is 3.12. The molecule has 0 fully saturated rings. The number of ether oxygens (including phenoxy) is 1. The molecular formula is C11H11FN2O3. The number of carbonyl (C=O) groups is 1. The number of hydrogen-bond acceptors (Lipinski definition) is 4. The standard InChI is InChI=1S/C11H11FN2O3/c12-10-5-9(2-1-8(10)6-13)17-7-11(16)14-3-4-15/h1-2,5,15H,3-4,7H2,(H,14,16). The number of aliphatic hydroxyl groups excluding tert-OH is 1. The lowest BCUT2D eigenvalue weighted by atomic mass is 10.2. The number of hydrogen-bond donors (Lipinski definition) is 2. The third-order valence-corrected chi connectivity index (χ3v) is 1.86. The molecule has 1 aromatic rings. The van der Waals surface area contributed by atoms with E-state index in [0.717, 1.165) is 6.07 Å². The number of halogens is 1. The molecule has 0 aromatic heterocycles. The molecule has 6 heteroatoms. The number of nitriles is 1. The van der Waals surface area contributed by atoms with Crippen LogP contribution in [-0.2, 0) is 4.79 Å². The van der Waals surface area contributed by atoms with Crippen molar-refractivity contribution in [3.05, 3.63) is 29.6 Å². The minimum Gasteiger partial charge on any atom is -0.484 e. The first kappa shape index (κ1) is 12.9. The van der Waals surface area contributed by atoms with Gasteiger partial charge in [0, 0.05) is 12.6 Å². The number of amides is 1. The van der Waals surface area contributed by atoms with Gasteiger partial charge in [0.25, 0.3) is 5.91 Å². The van der Waals surface area contributed by atoms with Crippen LogP contribution in [0.15, 0.2) is 18.2 Å². The van der Waals surface area contributed by atoms with E-state index in [1.165, 1.54) is 12.1 Å². The quantitative estimate of drug-likeness (QED) is 0.766. The predicted octanol–water partition coefficient (Wildman–Crippen LogP) is 0.185. The van der Waals surface area contributed by atoms with Crippen LogP contribution in [0.3, 0.4) is 0 Å². The van der Waals surface area contributed by atoms with Gasteiger partial charge in [0.2, 0.25) is 0 Å². The van der Waals surface area contributed by atoms with Gasteiger partial charge >= 0.3 is 0 Å². The largest absolute Gasteiger partial charge is 0.484 e. The Kier molecular flexibility index (Phi) is 4.91. The van der Waals surface area contributed by atoms with E-state index in [-0.39, 0.29) is 31.1 Å². The van der Waals surface area contributed by atoms with Gasteiger partial charge in [0.15, 0.2) is 6.61 Å². The highest BCUT2D eigenvalue weighted by Crippen LogP contribution is 2.15. The van der Waals surface area contributed by atoms with Crippen molar-refractivity contribution >= 4 is 5.91 Å². The fourth-order valence-electron chi connectivity index (χ4n) is 1.07. The first-order chi connectivity index (χ1) is 8.17. The van der Waals surface area contributed by atoms with Gasteiger partial charge in [-0.1, -0.05) is 0 Å². The minimum atomic E-state index is -0.694. The molecule has 0 saturated heterocycles. The molecule has 1 rings (SSSR count). The molecule has 2 N–H and O–H groups in total. The third-order valence-electron chi connectivity index (χ3n) is 1.86. The second-order valence-corrected chi connectivity index (χ2v) is 3.12. The first-order valence-corrected chi connectivity index (χ1v) is 4.87. The molecule has 1 amide bonds. The van der Waals surface area contributed by atoms with Gasteiger partial charge in [-0.3, -0.25) is 4.79 Å². The van der Waals surface area contributed by atoms with Crippen molar-refractivity contribution in [3.63, 3.8) is 0 Å². The molecular weight excluding hydrogens is 227 g/mol. The molecule has 0 bridgehead atoms. The van der Waals surface area contributed by atoms with Crippen molar-refractivity contribution in [2.45, 2.75) is 0 Å². The van der Waals surface area contributed by atoms with Gasteiger partial charge in [-0.2, -0.15) is 5.26 Å². The lowest BCUT2D eigenvalue weighted by Crippen LogP contribution is -2.31. The zero-order valence-corrected chi connectivity index (χ0v) is 8.94. The molecule has 0 spiro atoms. The summed E-state index contributed by atoms with van der Waals surface area (Å²) in [7, 11) is 0. The van der Waals surface area contributed by atoms with Crippen LogP contribution in [0.1, 0.15) is 5.56 Å². The predicted molar refractivity (Wildman–Crippen MR) is 56.7 cm³/mol. The third kappa shape index (κ3) is 4.09. The van der Waals surface area contributed by atoms with E-state index >= 15 is 0 Å². The minimum absolute atomic E-state index is 0.0814. The highest BCUT2D eigenvalue weighted by atomic mass is 19.1. The van der Waals surface area contributed by atoms with Gasteiger partial charge in [-0.15, -0.1) is 0 Å². The highest BCUT2D eigenvalue weighted by Gasteiger charge is 2.05. The van der Waals surface area contributed by atoms with E-state index in [9.17, 15) is 9.18 Å². The molecule has 0 atom stereocenters. The van der Waals surface area contributed by atoms with Crippen molar-refractivity contribution in [1.82, 2.24) is 5.32 Å². The van der Waals surface area contributed by atoms with Crippen molar-refractivity contribution < 1.29 is 19.0 Å². The molecule has 0 aliphatic rings. The van der Waals surface area contributed by atoms with Gasteiger partial charge in [0.1, 0.15) is 17.6 Å². The smallest absolute Gasteiger partial charge is 0.258 e. The summed E-state index contributed by atoms with van der Waals surface area (Å²) >= 11 is 0. The maximum atomic E-state index is 13.1. The Morgan fingerprint density at radius 1 is 1.59 bits per heavy atom. The first-order valence-electron chi connectivity index (χ1n) is 4.87. The maximum absolute atomic E-state index is 13.1. The average Bonchev–Trinajstić information content (AvgIpc) is 2.34. The molecule has 17 heavy (non-hydrogen) atoms. The van der Waals surface area contributed by atoms with E-state index in [0.29, 0.717) is 0 Å². The molecule has 0 aliphatic carbocycles. The summed E-state index contributed by atoms with van der Waals surface area (Å²) in [4.78, 5) is 11.1. The van der Waals surface area contributed by atoms with Crippen molar-refractivity contribution in [1.29, 1.82) is 5.26 Å². The summed E-state index contributed by atoms with van der Waals surface area (Å²) in [5.74, 6) is -0.940. The molecule has 90 valence electrons. The topological polar surface area (TPSA) is 82.3 Å². The average molecular weight is 238 g/mol. The number of nitrogens with zero attached hydrogens (tertiary/aromatic N) is 1. The molecule has 5 nitrogen and oxygen atoms in total. The van der Waals surface area contributed by atoms with Crippen molar-refractivity contribution in [3.8, 4) is 11.8 Å². The number of aliphatic hydroxyl groups is 1. The fraction of sp³-hybridized carbons (Fsp3) is 0.273. The monoisotopic (exact) mass is 238 g/mol. The summed E-state index contributed by atoms with van der Waals surface area (Å²) in [6.07, 6.45) is 0. The summed E-state index contributed by atoms with van der Waals surface area (Å²) in [5.41, 5.74) is -0.0814. The summed E-state index contributed by atoms with van der Waals surface area (Å²) in [6, 6.07) is 5.40. The van der Waals surface area contributed by atoms with E-state index in [1.807, 2.05) is 0 Å². The Bertz CT molecular complexity index is 443. The zero-order valence-electron chi connectivity index (χ0n) is 8.94. The molecule has 0 aliphatic heterocycles. The van der Waals surface area contributed by atoms with Crippen LogP contribution in [0.4, 0.5) is 4.39 Å². The van der Waals surface area contributed by atoms with E-state index in [1.54, 1.807) is 6.07 Å². The van der Waals surface area contributed by atoms with Gasteiger partial charge in [0.05, 0.1) is 12.2 Å². The maximum Gasteiger partial charge on any atom is 0.258 e. The van der Waals surface area contributed by atoms with E-state index < -0.39 is 11.7 Å². The Balaban J connectivity index is 2.50. The van der Waals surface area contributed by atoms with Crippen molar-refractivity contribution in [2.24, 2.45) is 0 Å². The fourth-order valence-corrected chi connectivity index (χ4v) is 1.07.